The number of carbonyl (C=O) groups is 1. The maximum absolute atomic E-state index is 12.3. The van der Waals surface area contributed by atoms with E-state index in [2.05, 4.69) is 10.4 Å². The summed E-state index contributed by atoms with van der Waals surface area (Å²) in [6.45, 7) is 1.40. The predicted molar refractivity (Wildman–Crippen MR) is 100 cm³/mol. The molecule has 0 radical (unpaired) electrons. The third-order valence-electron chi connectivity index (χ3n) is 3.98. The number of ether oxygens (including phenoxy) is 1. The Labute approximate surface area is 159 Å². The average Bonchev–Trinajstić information content (AvgIpc) is 3.07. The summed E-state index contributed by atoms with van der Waals surface area (Å²) < 4.78 is 30.7. The van der Waals surface area contributed by atoms with Gasteiger partial charge in [-0.3, -0.25) is 14.7 Å². The molecule has 0 aliphatic heterocycles. The number of carbonyl (C=O) groups excluding carboxylic acids is 1. The number of aryl methyl sites for hydroxylation is 1. The van der Waals surface area contributed by atoms with Gasteiger partial charge >= 0.3 is 0 Å². The van der Waals surface area contributed by atoms with Gasteiger partial charge in [-0.2, -0.15) is 0 Å². The van der Waals surface area contributed by atoms with Crippen LogP contribution in [0.25, 0.3) is 5.69 Å². The van der Waals surface area contributed by atoms with Crippen LogP contribution in [0.15, 0.2) is 59.4 Å². The van der Waals surface area contributed by atoms with Crippen LogP contribution in [0.4, 0.5) is 8.78 Å². The molecule has 0 bridgehead atoms. The molecule has 28 heavy (non-hydrogen) atoms. The highest BCUT2D eigenvalue weighted by Crippen LogP contribution is 2.14. The Balaban J connectivity index is 1.66. The highest BCUT2D eigenvalue weighted by atomic mass is 19.3. The molecular formula is C20H19F2N3O3. The van der Waals surface area contributed by atoms with Crippen molar-refractivity contribution in [3.05, 3.63) is 81.8 Å². The van der Waals surface area contributed by atoms with Gasteiger partial charge in [0.2, 0.25) is 0 Å². The van der Waals surface area contributed by atoms with Crippen molar-refractivity contribution < 1.29 is 18.3 Å². The van der Waals surface area contributed by atoms with Gasteiger partial charge in [-0.25, -0.2) is 13.5 Å². The lowest BCUT2D eigenvalue weighted by Gasteiger charge is -2.08. The molecule has 8 heteroatoms. The normalized spacial score (nSPS) is 10.9. The van der Waals surface area contributed by atoms with Gasteiger partial charge in [0.1, 0.15) is 18.1 Å². The summed E-state index contributed by atoms with van der Waals surface area (Å²) in [6.07, 6.45) is -2.56. The van der Waals surface area contributed by atoms with E-state index in [1.54, 1.807) is 36.4 Å². The Kier molecular flexibility index (Phi) is 5.88. The lowest BCUT2D eigenvalue weighted by molar-refractivity contribution is 0.0818. The zero-order valence-corrected chi connectivity index (χ0v) is 15.1. The zero-order valence-electron chi connectivity index (χ0n) is 15.1. The number of nitrogens with zero attached hydrogens (tertiary/aromatic N) is 1. The molecule has 0 atom stereocenters. The van der Waals surface area contributed by atoms with E-state index in [1.165, 1.54) is 10.7 Å². The van der Waals surface area contributed by atoms with E-state index in [9.17, 15) is 18.4 Å². The van der Waals surface area contributed by atoms with E-state index in [-0.39, 0.29) is 17.8 Å². The van der Waals surface area contributed by atoms with E-state index >= 15 is 0 Å². The van der Waals surface area contributed by atoms with Crippen molar-refractivity contribution in [1.82, 2.24) is 15.1 Å². The van der Waals surface area contributed by atoms with Crippen LogP contribution in [-0.4, -0.2) is 28.7 Å². The monoisotopic (exact) mass is 387 g/mol. The summed E-state index contributed by atoms with van der Waals surface area (Å²) in [5.41, 5.74) is 2.13. The summed E-state index contributed by atoms with van der Waals surface area (Å²) in [4.78, 5) is 24.5. The smallest absolute Gasteiger partial charge is 0.272 e. The zero-order chi connectivity index (χ0) is 20.1. The number of hydrogen-bond acceptors (Lipinski definition) is 3. The van der Waals surface area contributed by atoms with Gasteiger partial charge in [0, 0.05) is 12.6 Å². The molecule has 1 heterocycles. The predicted octanol–water partition coefficient (Wildman–Crippen LogP) is 3.05. The number of H-pyrrole nitrogens is 1. The average molecular weight is 387 g/mol. The SMILES string of the molecule is Cc1ccc(-n2[nH]c(C(=O)NCc3cccc(OCC(F)F)c3)cc2=O)cc1. The van der Waals surface area contributed by atoms with E-state index in [0.717, 1.165) is 5.56 Å². The second kappa shape index (κ2) is 8.51. The fraction of sp³-hybridized carbons (Fsp3) is 0.200. The van der Waals surface area contributed by atoms with Crippen molar-refractivity contribution in [3.63, 3.8) is 0 Å². The minimum Gasteiger partial charge on any atom is -0.488 e. The Bertz CT molecular complexity index is 1010. The lowest BCUT2D eigenvalue weighted by atomic mass is 10.2. The van der Waals surface area contributed by atoms with Crippen LogP contribution in [0.1, 0.15) is 21.6 Å². The number of alkyl halides is 2. The molecule has 3 aromatic rings. The highest BCUT2D eigenvalue weighted by Gasteiger charge is 2.12. The summed E-state index contributed by atoms with van der Waals surface area (Å²) in [5.74, 6) is -0.159. The molecule has 0 unspecified atom stereocenters. The van der Waals surface area contributed by atoms with Gasteiger partial charge in [-0.05, 0) is 36.8 Å². The number of nitrogens with one attached hydrogen (secondary N) is 2. The molecule has 3 rings (SSSR count). The van der Waals surface area contributed by atoms with Gasteiger partial charge in [-0.1, -0.05) is 29.8 Å². The molecule has 146 valence electrons. The first-order chi connectivity index (χ1) is 13.4. The Hall–Kier alpha value is -3.42. The van der Waals surface area contributed by atoms with Crippen LogP contribution < -0.4 is 15.6 Å². The van der Waals surface area contributed by atoms with Crippen LogP contribution in [0.2, 0.25) is 0 Å². The van der Waals surface area contributed by atoms with Gasteiger partial charge in [0.15, 0.2) is 0 Å². The summed E-state index contributed by atoms with van der Waals surface area (Å²) >= 11 is 0. The maximum Gasteiger partial charge on any atom is 0.272 e. The van der Waals surface area contributed by atoms with Gasteiger partial charge in [0.05, 0.1) is 5.69 Å². The Morgan fingerprint density at radius 2 is 1.93 bits per heavy atom. The van der Waals surface area contributed by atoms with E-state index in [0.29, 0.717) is 17.0 Å². The first-order valence-corrected chi connectivity index (χ1v) is 8.59. The summed E-state index contributed by atoms with van der Waals surface area (Å²) in [7, 11) is 0. The molecule has 0 aliphatic rings. The summed E-state index contributed by atoms with van der Waals surface area (Å²) in [5, 5.41) is 5.46. The second-order valence-electron chi connectivity index (χ2n) is 6.21. The molecule has 2 aromatic carbocycles. The van der Waals surface area contributed by atoms with Crippen LogP contribution in [0, 0.1) is 6.92 Å². The number of aromatic amines is 1. The molecule has 0 fully saturated rings. The van der Waals surface area contributed by atoms with Crippen LogP contribution >= 0.6 is 0 Å². The first-order valence-electron chi connectivity index (χ1n) is 8.59. The number of benzene rings is 2. The number of hydrogen-bond donors (Lipinski definition) is 2. The van der Waals surface area contributed by atoms with Gasteiger partial charge < -0.3 is 10.1 Å². The third kappa shape index (κ3) is 4.85. The standard InChI is InChI=1S/C20H19F2N3O3/c1-13-5-7-15(8-6-13)25-19(26)10-17(24-25)20(27)23-11-14-3-2-4-16(9-14)28-12-18(21)22/h2-10,18,24H,11-12H2,1H3,(H,23,27). The maximum atomic E-state index is 12.3. The van der Waals surface area contributed by atoms with Crippen LogP contribution in [0.3, 0.4) is 0 Å². The quantitative estimate of drug-likeness (QED) is 0.654. The fourth-order valence-corrected chi connectivity index (χ4v) is 2.58. The van der Waals surface area contributed by atoms with Crippen molar-refractivity contribution in [2.45, 2.75) is 19.9 Å². The van der Waals surface area contributed by atoms with Crippen molar-refractivity contribution >= 4 is 5.91 Å². The number of halogens is 2. The van der Waals surface area contributed by atoms with Crippen molar-refractivity contribution in [2.24, 2.45) is 0 Å². The van der Waals surface area contributed by atoms with Crippen molar-refractivity contribution in [1.29, 1.82) is 0 Å². The van der Waals surface area contributed by atoms with Crippen molar-refractivity contribution in [2.75, 3.05) is 6.61 Å². The minimum atomic E-state index is -2.56. The molecule has 0 aliphatic carbocycles. The lowest BCUT2D eigenvalue weighted by Crippen LogP contribution is -2.23. The minimum absolute atomic E-state index is 0.121. The second-order valence-corrected chi connectivity index (χ2v) is 6.21. The molecular weight excluding hydrogens is 368 g/mol. The van der Waals surface area contributed by atoms with Gasteiger partial charge in [-0.15, -0.1) is 0 Å². The Morgan fingerprint density at radius 1 is 1.18 bits per heavy atom. The van der Waals surface area contributed by atoms with E-state index in [4.69, 9.17) is 4.74 Å². The van der Waals surface area contributed by atoms with E-state index in [1.807, 2.05) is 19.1 Å². The van der Waals surface area contributed by atoms with Gasteiger partial charge in [0.25, 0.3) is 17.9 Å². The number of aromatic nitrogens is 2. The van der Waals surface area contributed by atoms with E-state index < -0.39 is 18.9 Å². The molecule has 0 saturated heterocycles. The number of amides is 1. The van der Waals surface area contributed by atoms with Crippen LogP contribution in [0.5, 0.6) is 5.75 Å². The molecule has 1 amide bonds. The Morgan fingerprint density at radius 3 is 2.64 bits per heavy atom. The number of rotatable bonds is 7. The summed E-state index contributed by atoms with van der Waals surface area (Å²) in [6, 6.07) is 15.0. The molecule has 1 aromatic heterocycles. The topological polar surface area (TPSA) is 76.1 Å². The fourth-order valence-electron chi connectivity index (χ4n) is 2.58. The molecule has 2 N–H and O–H groups in total. The van der Waals surface area contributed by atoms with Crippen LogP contribution in [-0.2, 0) is 6.54 Å². The molecule has 0 spiro atoms. The largest absolute Gasteiger partial charge is 0.488 e. The molecule has 0 saturated carbocycles. The third-order valence-corrected chi connectivity index (χ3v) is 3.98. The first kappa shape index (κ1) is 19.3. The molecule has 6 nitrogen and oxygen atoms in total. The highest BCUT2D eigenvalue weighted by molar-refractivity contribution is 5.92. The van der Waals surface area contributed by atoms with Crippen molar-refractivity contribution in [3.8, 4) is 11.4 Å².